The van der Waals surface area contributed by atoms with Gasteiger partial charge in [0.1, 0.15) is 0 Å². The van der Waals surface area contributed by atoms with E-state index < -0.39 is 0 Å². The number of hydrogen-bond acceptors (Lipinski definition) is 0. The standard InChI is InChI=1S/C19H30/c1-3-5-7-11-17-15-14-16(10-6-4-2)18-12-8-9-13-19(17)18/h8-9,12-13,16-17H,3-7,10-11,14-15H2,1-2H3. The van der Waals surface area contributed by atoms with E-state index in [4.69, 9.17) is 0 Å². The molecule has 2 rings (SSSR count). The largest absolute Gasteiger partial charge is 0.0654 e. The van der Waals surface area contributed by atoms with Gasteiger partial charge in [-0.05, 0) is 48.6 Å². The summed E-state index contributed by atoms with van der Waals surface area (Å²) in [6.45, 7) is 4.61. The molecule has 0 saturated heterocycles. The molecule has 0 radical (unpaired) electrons. The van der Waals surface area contributed by atoms with Gasteiger partial charge in [-0.15, -0.1) is 0 Å². The number of unbranched alkanes of at least 4 members (excludes halogenated alkanes) is 3. The number of benzene rings is 1. The van der Waals surface area contributed by atoms with E-state index >= 15 is 0 Å². The van der Waals surface area contributed by atoms with Gasteiger partial charge >= 0.3 is 0 Å². The molecule has 1 aliphatic rings. The third kappa shape index (κ3) is 3.84. The van der Waals surface area contributed by atoms with Crippen LogP contribution in [0.5, 0.6) is 0 Å². The van der Waals surface area contributed by atoms with Crippen LogP contribution in [-0.2, 0) is 0 Å². The fraction of sp³-hybridized carbons (Fsp3) is 0.684. The van der Waals surface area contributed by atoms with E-state index in [2.05, 4.69) is 38.1 Å². The predicted molar refractivity (Wildman–Crippen MR) is 84.8 cm³/mol. The maximum absolute atomic E-state index is 2.41. The minimum absolute atomic E-state index is 0.846. The summed E-state index contributed by atoms with van der Waals surface area (Å²) in [6, 6.07) is 9.30. The molecule has 0 nitrogen and oxygen atoms in total. The second-order valence-corrected chi connectivity index (χ2v) is 6.24. The van der Waals surface area contributed by atoms with Crippen LogP contribution in [0, 0.1) is 0 Å². The number of rotatable bonds is 7. The van der Waals surface area contributed by atoms with Crippen LogP contribution in [0.25, 0.3) is 0 Å². The van der Waals surface area contributed by atoms with E-state index in [1.54, 1.807) is 11.1 Å². The summed E-state index contributed by atoms with van der Waals surface area (Å²) in [5.74, 6) is 1.69. The van der Waals surface area contributed by atoms with E-state index in [0.717, 1.165) is 11.8 Å². The smallest absolute Gasteiger partial charge is 0.0159 e. The number of fused-ring (bicyclic) bond motifs is 1. The quantitative estimate of drug-likeness (QED) is 0.495. The molecule has 0 spiro atoms. The van der Waals surface area contributed by atoms with Gasteiger partial charge in [0.05, 0.1) is 0 Å². The molecule has 0 aromatic heterocycles. The number of hydrogen-bond donors (Lipinski definition) is 0. The second-order valence-electron chi connectivity index (χ2n) is 6.24. The summed E-state index contributed by atoms with van der Waals surface area (Å²) < 4.78 is 0. The van der Waals surface area contributed by atoms with Gasteiger partial charge in [0.25, 0.3) is 0 Å². The Bertz CT molecular complexity index is 366. The van der Waals surface area contributed by atoms with Crippen LogP contribution in [-0.4, -0.2) is 0 Å². The van der Waals surface area contributed by atoms with Crippen LogP contribution in [0.2, 0.25) is 0 Å². The highest BCUT2D eigenvalue weighted by Crippen LogP contribution is 2.43. The molecule has 0 aliphatic heterocycles. The van der Waals surface area contributed by atoms with Crippen molar-refractivity contribution in [2.75, 3.05) is 0 Å². The molecule has 2 unspecified atom stereocenters. The van der Waals surface area contributed by atoms with Gasteiger partial charge in [0, 0.05) is 0 Å². The molecule has 106 valence electrons. The molecular formula is C19H30. The summed E-state index contributed by atoms with van der Waals surface area (Å²) in [6.07, 6.45) is 12.5. The summed E-state index contributed by atoms with van der Waals surface area (Å²) in [5, 5.41) is 0. The minimum Gasteiger partial charge on any atom is -0.0654 e. The van der Waals surface area contributed by atoms with E-state index in [0.29, 0.717) is 0 Å². The Morgan fingerprint density at radius 2 is 1.32 bits per heavy atom. The van der Waals surface area contributed by atoms with E-state index in [-0.39, 0.29) is 0 Å². The zero-order valence-corrected chi connectivity index (χ0v) is 12.8. The molecule has 1 aromatic carbocycles. The summed E-state index contributed by atoms with van der Waals surface area (Å²) in [4.78, 5) is 0. The van der Waals surface area contributed by atoms with Crippen molar-refractivity contribution in [3.05, 3.63) is 35.4 Å². The molecule has 1 aromatic rings. The Balaban J connectivity index is 2.05. The van der Waals surface area contributed by atoms with E-state index in [1.807, 2.05) is 0 Å². The first kappa shape index (κ1) is 14.6. The van der Waals surface area contributed by atoms with Gasteiger partial charge in [-0.3, -0.25) is 0 Å². The zero-order chi connectivity index (χ0) is 13.5. The lowest BCUT2D eigenvalue weighted by molar-refractivity contribution is 0.428. The molecule has 0 fully saturated rings. The van der Waals surface area contributed by atoms with E-state index in [9.17, 15) is 0 Å². The normalized spacial score (nSPS) is 22.2. The summed E-state index contributed by atoms with van der Waals surface area (Å²) in [5.41, 5.74) is 3.37. The van der Waals surface area contributed by atoms with Gasteiger partial charge in [-0.1, -0.05) is 70.2 Å². The topological polar surface area (TPSA) is 0 Å². The van der Waals surface area contributed by atoms with Crippen LogP contribution in [0.4, 0.5) is 0 Å². The fourth-order valence-electron chi connectivity index (χ4n) is 3.66. The van der Waals surface area contributed by atoms with Gasteiger partial charge < -0.3 is 0 Å². The lowest BCUT2D eigenvalue weighted by atomic mass is 9.73. The Kier molecular flexibility index (Phi) is 5.94. The minimum atomic E-state index is 0.846. The van der Waals surface area contributed by atoms with Crippen molar-refractivity contribution in [2.24, 2.45) is 0 Å². The molecule has 1 aliphatic carbocycles. The van der Waals surface area contributed by atoms with Crippen LogP contribution in [0.1, 0.15) is 94.6 Å². The lowest BCUT2D eigenvalue weighted by Crippen LogP contribution is -2.14. The highest BCUT2D eigenvalue weighted by Gasteiger charge is 2.25. The second kappa shape index (κ2) is 7.72. The first-order valence-electron chi connectivity index (χ1n) is 8.45. The fourth-order valence-corrected chi connectivity index (χ4v) is 3.66. The average Bonchev–Trinajstić information content (AvgIpc) is 2.46. The maximum Gasteiger partial charge on any atom is -0.0159 e. The Hall–Kier alpha value is -0.780. The molecule has 0 heterocycles. The molecule has 0 bridgehead atoms. The van der Waals surface area contributed by atoms with Gasteiger partial charge in [-0.25, -0.2) is 0 Å². The maximum atomic E-state index is 2.41. The SMILES string of the molecule is CCCCCC1CCC(CCCC)c2ccccc21. The Labute approximate surface area is 119 Å². The summed E-state index contributed by atoms with van der Waals surface area (Å²) >= 11 is 0. The molecular weight excluding hydrogens is 228 g/mol. The first-order valence-corrected chi connectivity index (χ1v) is 8.45. The molecule has 0 saturated carbocycles. The monoisotopic (exact) mass is 258 g/mol. The van der Waals surface area contributed by atoms with Crippen molar-refractivity contribution < 1.29 is 0 Å². The Morgan fingerprint density at radius 3 is 1.84 bits per heavy atom. The molecule has 0 amide bonds. The third-order valence-electron chi connectivity index (χ3n) is 4.80. The summed E-state index contributed by atoms with van der Waals surface area (Å²) in [7, 11) is 0. The van der Waals surface area contributed by atoms with Crippen molar-refractivity contribution in [1.82, 2.24) is 0 Å². The molecule has 0 heteroatoms. The molecule has 19 heavy (non-hydrogen) atoms. The molecule has 2 atom stereocenters. The zero-order valence-electron chi connectivity index (χ0n) is 12.8. The van der Waals surface area contributed by atoms with Crippen molar-refractivity contribution in [3.63, 3.8) is 0 Å². The van der Waals surface area contributed by atoms with Gasteiger partial charge in [0.2, 0.25) is 0 Å². The molecule has 0 N–H and O–H groups in total. The van der Waals surface area contributed by atoms with Crippen molar-refractivity contribution in [1.29, 1.82) is 0 Å². The van der Waals surface area contributed by atoms with Crippen LogP contribution >= 0.6 is 0 Å². The lowest BCUT2D eigenvalue weighted by Gasteiger charge is -2.32. The van der Waals surface area contributed by atoms with Crippen LogP contribution in [0.15, 0.2) is 24.3 Å². The van der Waals surface area contributed by atoms with Crippen molar-refractivity contribution in [3.8, 4) is 0 Å². The van der Waals surface area contributed by atoms with Crippen LogP contribution in [0.3, 0.4) is 0 Å². The average molecular weight is 258 g/mol. The van der Waals surface area contributed by atoms with Crippen molar-refractivity contribution >= 4 is 0 Å². The first-order chi connectivity index (χ1) is 9.36. The van der Waals surface area contributed by atoms with Gasteiger partial charge in [-0.2, -0.15) is 0 Å². The van der Waals surface area contributed by atoms with Gasteiger partial charge in [0.15, 0.2) is 0 Å². The van der Waals surface area contributed by atoms with E-state index in [1.165, 1.54) is 57.8 Å². The van der Waals surface area contributed by atoms with Crippen LogP contribution < -0.4 is 0 Å². The highest BCUT2D eigenvalue weighted by molar-refractivity contribution is 5.35. The van der Waals surface area contributed by atoms with Crippen molar-refractivity contribution in [2.45, 2.75) is 83.5 Å². The highest BCUT2D eigenvalue weighted by atomic mass is 14.3. The Morgan fingerprint density at radius 1 is 0.789 bits per heavy atom. The predicted octanol–water partition coefficient (Wildman–Crippen LogP) is 6.42. The third-order valence-corrected chi connectivity index (χ3v) is 4.80.